The Bertz CT molecular complexity index is 955. The third-order valence-corrected chi connectivity index (χ3v) is 9.40. The van der Waals surface area contributed by atoms with Crippen LogP contribution in [0.3, 0.4) is 0 Å². The van der Waals surface area contributed by atoms with Crippen molar-refractivity contribution in [3.8, 4) is 10.6 Å². The number of rotatable bonds is 3. The summed E-state index contributed by atoms with van der Waals surface area (Å²) in [6.45, 7) is 8.37. The zero-order chi connectivity index (χ0) is 21.8. The molecule has 2 aromatic heterocycles. The zero-order valence-corrected chi connectivity index (χ0v) is 19.6. The largest absolute Gasteiger partial charge is 0.392 e. The molecule has 5 nitrogen and oxygen atoms in total. The molecule has 2 aromatic rings. The van der Waals surface area contributed by atoms with Crippen LogP contribution in [0.5, 0.6) is 0 Å². The number of aliphatic hydroxyl groups is 1. The van der Waals surface area contributed by atoms with Gasteiger partial charge < -0.3 is 10.0 Å². The van der Waals surface area contributed by atoms with Crippen molar-refractivity contribution in [2.75, 3.05) is 13.1 Å². The standard InChI is InChI=1S/C25H33N3O2S/c1-15(24(30)28-11-4-5-12-28)18-8-9-25(3)13-19-21(16(2)20(25)22(18)29)27-23(31-19)17-7-6-10-26-14-17/h6-7,10,14-16,18,20,22,29H,4-5,8-9,11-13H2,1-3H3/t15-,16+,18+,20+,22-,25+/m0/s1. The van der Waals surface area contributed by atoms with Gasteiger partial charge in [0.05, 0.1) is 11.8 Å². The van der Waals surface area contributed by atoms with Crippen LogP contribution in [0, 0.1) is 23.2 Å². The summed E-state index contributed by atoms with van der Waals surface area (Å²) in [6.07, 6.45) is 8.35. The first kappa shape index (κ1) is 21.1. The molecule has 1 saturated carbocycles. The molecule has 0 aromatic carbocycles. The van der Waals surface area contributed by atoms with Crippen LogP contribution in [0.4, 0.5) is 0 Å². The topological polar surface area (TPSA) is 66.3 Å². The number of likely N-dealkylation sites (tertiary alicyclic amines) is 1. The number of hydrogen-bond donors (Lipinski definition) is 1. The summed E-state index contributed by atoms with van der Waals surface area (Å²) >= 11 is 1.78. The van der Waals surface area contributed by atoms with Crippen LogP contribution in [0.25, 0.3) is 10.6 Å². The number of fused-ring (bicyclic) bond motifs is 2. The van der Waals surface area contributed by atoms with Crippen LogP contribution in [-0.4, -0.2) is 45.1 Å². The second-order valence-corrected chi connectivity index (χ2v) is 11.3. The minimum absolute atomic E-state index is 0.0339. The highest BCUT2D eigenvalue weighted by molar-refractivity contribution is 7.15. The normalized spacial score (nSPS) is 33.6. The third kappa shape index (κ3) is 3.52. The molecule has 1 amide bonds. The molecule has 5 rings (SSSR count). The first-order valence-corrected chi connectivity index (χ1v) is 12.6. The maximum atomic E-state index is 13.1. The van der Waals surface area contributed by atoms with E-state index in [1.54, 1.807) is 17.5 Å². The minimum atomic E-state index is -0.466. The van der Waals surface area contributed by atoms with Crippen molar-refractivity contribution in [1.82, 2.24) is 14.9 Å². The first-order valence-electron chi connectivity index (χ1n) is 11.8. The average molecular weight is 440 g/mol. The van der Waals surface area contributed by atoms with Crippen LogP contribution in [0.1, 0.15) is 62.9 Å². The van der Waals surface area contributed by atoms with Gasteiger partial charge in [0.25, 0.3) is 0 Å². The van der Waals surface area contributed by atoms with Crippen molar-refractivity contribution < 1.29 is 9.90 Å². The van der Waals surface area contributed by atoms with E-state index in [0.29, 0.717) is 0 Å². The number of pyridine rings is 1. The van der Waals surface area contributed by atoms with E-state index >= 15 is 0 Å². The number of aromatic nitrogens is 2. The summed E-state index contributed by atoms with van der Waals surface area (Å²) in [5, 5.41) is 12.6. The van der Waals surface area contributed by atoms with Crippen LogP contribution in [-0.2, 0) is 11.2 Å². The molecule has 0 unspecified atom stereocenters. The van der Waals surface area contributed by atoms with Crippen LogP contribution in [0.15, 0.2) is 24.5 Å². The van der Waals surface area contributed by atoms with Crippen LogP contribution in [0.2, 0.25) is 0 Å². The summed E-state index contributed by atoms with van der Waals surface area (Å²) in [6, 6.07) is 4.01. The molecule has 3 aliphatic rings. The number of aliphatic hydroxyl groups excluding tert-OH is 1. The van der Waals surface area contributed by atoms with Crippen LogP contribution < -0.4 is 0 Å². The van der Waals surface area contributed by atoms with Crippen molar-refractivity contribution in [2.24, 2.45) is 23.2 Å². The molecule has 1 saturated heterocycles. The van der Waals surface area contributed by atoms with Gasteiger partial charge in [-0.2, -0.15) is 0 Å². The molecule has 0 radical (unpaired) electrons. The average Bonchev–Trinajstić information content (AvgIpc) is 3.43. The van der Waals surface area contributed by atoms with Gasteiger partial charge in [-0.05, 0) is 61.5 Å². The second-order valence-electron chi connectivity index (χ2n) is 10.2. The van der Waals surface area contributed by atoms with E-state index < -0.39 is 6.10 Å². The van der Waals surface area contributed by atoms with Crippen molar-refractivity contribution in [2.45, 2.75) is 64.9 Å². The first-order chi connectivity index (χ1) is 14.9. The van der Waals surface area contributed by atoms with Gasteiger partial charge in [-0.3, -0.25) is 9.78 Å². The van der Waals surface area contributed by atoms with Gasteiger partial charge in [0.1, 0.15) is 5.01 Å². The van der Waals surface area contributed by atoms with E-state index in [1.165, 1.54) is 4.88 Å². The Labute approximate surface area is 188 Å². The van der Waals surface area contributed by atoms with Crippen molar-refractivity contribution in [3.05, 3.63) is 35.1 Å². The van der Waals surface area contributed by atoms with Gasteiger partial charge in [-0.1, -0.05) is 20.8 Å². The Morgan fingerprint density at radius 3 is 2.84 bits per heavy atom. The fraction of sp³-hybridized carbons (Fsp3) is 0.640. The number of carbonyl (C=O) groups is 1. The van der Waals surface area contributed by atoms with E-state index in [9.17, 15) is 9.90 Å². The summed E-state index contributed by atoms with van der Waals surface area (Å²) in [5.41, 5.74) is 2.26. The highest BCUT2D eigenvalue weighted by atomic mass is 32.1. The molecule has 3 heterocycles. The van der Waals surface area contributed by atoms with E-state index in [4.69, 9.17) is 4.98 Å². The van der Waals surface area contributed by atoms with Gasteiger partial charge >= 0.3 is 0 Å². The van der Waals surface area contributed by atoms with Crippen molar-refractivity contribution in [3.63, 3.8) is 0 Å². The van der Waals surface area contributed by atoms with Gasteiger partial charge in [0.15, 0.2) is 0 Å². The predicted octanol–water partition coefficient (Wildman–Crippen LogP) is 4.52. The molecule has 2 aliphatic carbocycles. The van der Waals surface area contributed by atoms with Gasteiger partial charge in [-0.25, -0.2) is 4.98 Å². The summed E-state index contributed by atoms with van der Waals surface area (Å²) in [5.74, 6) is 0.472. The van der Waals surface area contributed by atoms with Crippen molar-refractivity contribution in [1.29, 1.82) is 0 Å². The lowest BCUT2D eigenvalue weighted by atomic mass is 9.53. The lowest BCUT2D eigenvalue weighted by Gasteiger charge is -2.53. The molecule has 166 valence electrons. The third-order valence-electron chi connectivity index (χ3n) is 8.28. The number of amides is 1. The molecular formula is C25H33N3O2S. The molecule has 0 bridgehead atoms. The number of thiazole rings is 1. The maximum absolute atomic E-state index is 13.1. The Hall–Kier alpha value is -1.79. The number of carbonyl (C=O) groups excluding carboxylic acids is 1. The SMILES string of the molecule is C[C@H](C(=O)N1CCCC1)[C@H]1CC[C@]2(C)Cc3sc(-c4cccnc4)nc3[C@H](C)[C@@H]2[C@H]1O. The molecule has 0 spiro atoms. The lowest BCUT2D eigenvalue weighted by Crippen LogP contribution is -2.53. The highest BCUT2D eigenvalue weighted by Crippen LogP contribution is 2.57. The zero-order valence-electron chi connectivity index (χ0n) is 18.8. The molecule has 6 heteroatoms. The molecule has 1 aliphatic heterocycles. The Kier molecular flexibility index (Phi) is 5.41. The molecule has 2 fully saturated rings. The summed E-state index contributed by atoms with van der Waals surface area (Å²) in [7, 11) is 0. The van der Waals surface area contributed by atoms with E-state index in [0.717, 1.165) is 61.5 Å². The fourth-order valence-electron chi connectivity index (χ4n) is 6.57. The monoisotopic (exact) mass is 439 g/mol. The molecule has 31 heavy (non-hydrogen) atoms. The second kappa shape index (κ2) is 7.96. The van der Waals surface area contributed by atoms with Crippen molar-refractivity contribution >= 4 is 17.2 Å². The smallest absolute Gasteiger partial charge is 0.225 e. The number of hydrogen-bond acceptors (Lipinski definition) is 5. The highest BCUT2D eigenvalue weighted by Gasteiger charge is 2.54. The van der Waals surface area contributed by atoms with Gasteiger partial charge in [0, 0.05) is 47.8 Å². The van der Waals surface area contributed by atoms with Gasteiger partial charge in [0.2, 0.25) is 5.91 Å². The quantitative estimate of drug-likeness (QED) is 0.764. The fourth-order valence-corrected chi connectivity index (χ4v) is 7.92. The Morgan fingerprint density at radius 1 is 1.35 bits per heavy atom. The number of nitrogens with zero attached hydrogens (tertiary/aromatic N) is 3. The van der Waals surface area contributed by atoms with E-state index in [-0.39, 0.29) is 35.0 Å². The Morgan fingerprint density at radius 2 is 2.13 bits per heavy atom. The Balaban J connectivity index is 1.42. The van der Waals surface area contributed by atoms with E-state index in [2.05, 4.69) is 24.9 Å². The molecule has 1 N–H and O–H groups in total. The molecule has 6 atom stereocenters. The summed E-state index contributed by atoms with van der Waals surface area (Å²) < 4.78 is 0. The predicted molar refractivity (Wildman–Crippen MR) is 123 cm³/mol. The maximum Gasteiger partial charge on any atom is 0.225 e. The van der Waals surface area contributed by atoms with Gasteiger partial charge in [-0.15, -0.1) is 11.3 Å². The molecular weight excluding hydrogens is 406 g/mol. The van der Waals surface area contributed by atoms with Crippen LogP contribution >= 0.6 is 11.3 Å². The summed E-state index contributed by atoms with van der Waals surface area (Å²) in [4.78, 5) is 25.7. The van der Waals surface area contributed by atoms with E-state index in [1.807, 2.05) is 24.1 Å². The minimum Gasteiger partial charge on any atom is -0.392 e. The lowest BCUT2D eigenvalue weighted by molar-refractivity contribution is -0.143.